The van der Waals surface area contributed by atoms with Crippen LogP contribution in [0.2, 0.25) is 0 Å². The van der Waals surface area contributed by atoms with Gasteiger partial charge in [0.15, 0.2) is 11.5 Å². The van der Waals surface area contributed by atoms with E-state index in [0.29, 0.717) is 23.4 Å². The number of hydrogen-bond acceptors (Lipinski definition) is 5. The number of aromatic hydroxyl groups is 1. The highest BCUT2D eigenvalue weighted by Gasteiger charge is 2.32. The van der Waals surface area contributed by atoms with E-state index >= 15 is 0 Å². The normalized spacial score (nSPS) is 17.6. The molecule has 1 aliphatic heterocycles. The zero-order chi connectivity index (χ0) is 16.3. The highest BCUT2D eigenvalue weighted by atomic mass is 16.5. The van der Waals surface area contributed by atoms with Crippen molar-refractivity contribution in [3.05, 3.63) is 35.0 Å². The standard InChI is InChI=1S/C15H18N2O5/c1-4-22-11-7-9(5-6-10(11)18)13-12(14(19)21-3)8(2)16-15(20)17-13/h5-7,13,18H,4H2,1-3H3,(H2,16,17,20)/t13-/m1/s1. The number of benzene rings is 1. The summed E-state index contributed by atoms with van der Waals surface area (Å²) in [6.45, 7) is 3.80. The molecule has 0 spiro atoms. The highest BCUT2D eigenvalue weighted by molar-refractivity contribution is 5.94. The molecule has 22 heavy (non-hydrogen) atoms. The van der Waals surface area contributed by atoms with E-state index in [4.69, 9.17) is 9.47 Å². The van der Waals surface area contributed by atoms with E-state index in [1.807, 2.05) is 0 Å². The molecule has 3 N–H and O–H groups in total. The van der Waals surface area contributed by atoms with Crippen LogP contribution in [0.3, 0.4) is 0 Å². The predicted molar refractivity (Wildman–Crippen MR) is 78.4 cm³/mol. The molecule has 1 atom stereocenters. The third-order valence-electron chi connectivity index (χ3n) is 3.29. The Morgan fingerprint density at radius 1 is 1.41 bits per heavy atom. The van der Waals surface area contributed by atoms with Crippen LogP contribution in [-0.2, 0) is 9.53 Å². The number of rotatable bonds is 4. The van der Waals surface area contributed by atoms with Crippen molar-refractivity contribution in [2.75, 3.05) is 13.7 Å². The van der Waals surface area contributed by atoms with Crippen LogP contribution < -0.4 is 15.4 Å². The Morgan fingerprint density at radius 3 is 2.77 bits per heavy atom. The maximum atomic E-state index is 12.0. The van der Waals surface area contributed by atoms with E-state index in [1.54, 1.807) is 26.0 Å². The zero-order valence-corrected chi connectivity index (χ0v) is 12.6. The van der Waals surface area contributed by atoms with Crippen LogP contribution in [0.15, 0.2) is 29.5 Å². The minimum atomic E-state index is -0.680. The Morgan fingerprint density at radius 2 is 2.14 bits per heavy atom. The molecule has 7 nitrogen and oxygen atoms in total. The molecule has 0 radical (unpaired) electrons. The first-order valence-corrected chi connectivity index (χ1v) is 6.80. The lowest BCUT2D eigenvalue weighted by atomic mass is 9.95. The lowest BCUT2D eigenvalue weighted by Gasteiger charge is -2.28. The van der Waals surface area contributed by atoms with Crippen molar-refractivity contribution in [1.82, 2.24) is 10.6 Å². The summed E-state index contributed by atoms with van der Waals surface area (Å²) >= 11 is 0. The van der Waals surface area contributed by atoms with Crippen LogP contribution in [0.1, 0.15) is 25.5 Å². The summed E-state index contributed by atoms with van der Waals surface area (Å²) in [6, 6.07) is 3.57. The minimum Gasteiger partial charge on any atom is -0.504 e. The number of allylic oxidation sites excluding steroid dienone is 1. The molecule has 2 amide bonds. The molecule has 1 aromatic rings. The molecule has 0 fully saturated rings. The van der Waals surface area contributed by atoms with E-state index in [1.165, 1.54) is 13.2 Å². The van der Waals surface area contributed by atoms with E-state index < -0.39 is 18.0 Å². The van der Waals surface area contributed by atoms with Crippen molar-refractivity contribution < 1.29 is 24.2 Å². The minimum absolute atomic E-state index is 0.00817. The molecular weight excluding hydrogens is 288 g/mol. The average Bonchev–Trinajstić information content (AvgIpc) is 2.48. The number of nitrogens with one attached hydrogen (secondary N) is 2. The molecule has 0 saturated carbocycles. The Balaban J connectivity index is 2.48. The maximum absolute atomic E-state index is 12.0. The summed E-state index contributed by atoms with van der Waals surface area (Å²) in [5.74, 6) is -0.262. The predicted octanol–water partition coefficient (Wildman–Crippen LogP) is 1.59. The molecule has 1 aliphatic rings. The lowest BCUT2D eigenvalue weighted by molar-refractivity contribution is -0.136. The van der Waals surface area contributed by atoms with Gasteiger partial charge in [0, 0.05) is 5.70 Å². The smallest absolute Gasteiger partial charge is 0.337 e. The fourth-order valence-electron chi connectivity index (χ4n) is 2.31. The number of phenols is 1. The molecule has 0 aliphatic carbocycles. The summed E-state index contributed by atoms with van der Waals surface area (Å²) in [5.41, 5.74) is 1.33. The second-order valence-electron chi connectivity index (χ2n) is 4.72. The van der Waals surface area contributed by atoms with Crippen LogP contribution in [0.5, 0.6) is 11.5 Å². The van der Waals surface area contributed by atoms with Gasteiger partial charge in [-0.2, -0.15) is 0 Å². The molecule has 7 heteroatoms. The number of phenolic OH excluding ortho intramolecular Hbond substituents is 1. The number of amides is 2. The first kappa shape index (κ1) is 15.7. The van der Waals surface area contributed by atoms with Gasteiger partial charge in [0.25, 0.3) is 0 Å². The van der Waals surface area contributed by atoms with Crippen molar-refractivity contribution in [3.8, 4) is 11.5 Å². The zero-order valence-electron chi connectivity index (χ0n) is 12.6. The van der Waals surface area contributed by atoms with Gasteiger partial charge in [0.1, 0.15) is 0 Å². The number of esters is 1. The number of hydrogen-bond donors (Lipinski definition) is 3. The summed E-state index contributed by atoms with van der Waals surface area (Å²) < 4.78 is 10.1. The van der Waals surface area contributed by atoms with E-state index in [2.05, 4.69) is 10.6 Å². The lowest BCUT2D eigenvalue weighted by Crippen LogP contribution is -2.45. The van der Waals surface area contributed by atoms with Gasteiger partial charge in [0.05, 0.1) is 25.3 Å². The SMILES string of the molecule is CCOc1cc([C@H]2NC(=O)NC(C)=C2C(=O)OC)ccc1O. The molecule has 0 aromatic heterocycles. The Bertz CT molecular complexity index is 639. The van der Waals surface area contributed by atoms with Gasteiger partial charge in [-0.25, -0.2) is 9.59 Å². The first-order valence-electron chi connectivity index (χ1n) is 6.80. The summed E-state index contributed by atoms with van der Waals surface area (Å²) in [4.78, 5) is 23.7. The summed E-state index contributed by atoms with van der Waals surface area (Å²) in [6.07, 6.45) is 0. The summed E-state index contributed by atoms with van der Waals surface area (Å²) in [7, 11) is 1.28. The fraction of sp³-hybridized carbons (Fsp3) is 0.333. The molecule has 1 aromatic carbocycles. The van der Waals surface area contributed by atoms with Crippen LogP contribution in [0.4, 0.5) is 4.79 Å². The van der Waals surface area contributed by atoms with Crippen molar-refractivity contribution in [2.45, 2.75) is 19.9 Å². The van der Waals surface area contributed by atoms with Crippen molar-refractivity contribution >= 4 is 12.0 Å². The van der Waals surface area contributed by atoms with E-state index in [-0.39, 0.29) is 11.5 Å². The van der Waals surface area contributed by atoms with Crippen LogP contribution >= 0.6 is 0 Å². The summed E-state index contributed by atoms with van der Waals surface area (Å²) in [5, 5.41) is 15.0. The third kappa shape index (κ3) is 2.98. The third-order valence-corrected chi connectivity index (χ3v) is 3.29. The van der Waals surface area contributed by atoms with E-state index in [9.17, 15) is 14.7 Å². The number of ether oxygens (including phenoxy) is 2. The van der Waals surface area contributed by atoms with Gasteiger partial charge in [-0.15, -0.1) is 0 Å². The second-order valence-corrected chi connectivity index (χ2v) is 4.72. The van der Waals surface area contributed by atoms with Gasteiger partial charge < -0.3 is 25.2 Å². The highest BCUT2D eigenvalue weighted by Crippen LogP contribution is 2.33. The van der Waals surface area contributed by atoms with Gasteiger partial charge >= 0.3 is 12.0 Å². The molecule has 1 heterocycles. The van der Waals surface area contributed by atoms with Gasteiger partial charge in [-0.1, -0.05) is 6.07 Å². The Kier molecular flexibility index (Phi) is 4.55. The van der Waals surface area contributed by atoms with Crippen LogP contribution in [0.25, 0.3) is 0 Å². The molecule has 0 unspecified atom stereocenters. The first-order chi connectivity index (χ1) is 10.5. The largest absolute Gasteiger partial charge is 0.504 e. The molecule has 0 bridgehead atoms. The fourth-order valence-corrected chi connectivity index (χ4v) is 2.31. The van der Waals surface area contributed by atoms with Gasteiger partial charge in [-0.3, -0.25) is 0 Å². The second kappa shape index (κ2) is 6.38. The Hall–Kier alpha value is -2.70. The van der Waals surface area contributed by atoms with Gasteiger partial charge in [-0.05, 0) is 31.5 Å². The van der Waals surface area contributed by atoms with Crippen molar-refractivity contribution in [3.63, 3.8) is 0 Å². The monoisotopic (exact) mass is 306 g/mol. The Labute approximate surface area is 127 Å². The van der Waals surface area contributed by atoms with Crippen LogP contribution in [0, 0.1) is 0 Å². The van der Waals surface area contributed by atoms with Crippen molar-refractivity contribution in [2.24, 2.45) is 0 Å². The number of methoxy groups -OCH3 is 1. The van der Waals surface area contributed by atoms with Crippen molar-refractivity contribution in [1.29, 1.82) is 0 Å². The maximum Gasteiger partial charge on any atom is 0.337 e. The molecule has 118 valence electrons. The number of carbonyl (C=O) groups excluding carboxylic acids is 2. The molecule has 0 saturated heterocycles. The van der Waals surface area contributed by atoms with E-state index in [0.717, 1.165) is 0 Å². The topological polar surface area (TPSA) is 96.9 Å². The number of urea groups is 1. The van der Waals surface area contributed by atoms with Gasteiger partial charge in [0.2, 0.25) is 0 Å². The molecule has 2 rings (SSSR count). The quantitative estimate of drug-likeness (QED) is 0.734. The molecular formula is C15H18N2O5. The number of carbonyl (C=O) groups is 2. The van der Waals surface area contributed by atoms with Crippen LogP contribution in [-0.4, -0.2) is 30.8 Å². The average molecular weight is 306 g/mol.